The number of carbonyl (C=O) groups excluding carboxylic acids is 1. The van der Waals surface area contributed by atoms with Crippen LogP contribution in [0.1, 0.15) is 36.2 Å². The molecule has 1 amide bonds. The molecule has 4 rings (SSSR count). The second-order valence-electron chi connectivity index (χ2n) is 7.43. The van der Waals surface area contributed by atoms with Crippen LogP contribution >= 0.6 is 11.6 Å². The number of amides is 1. The van der Waals surface area contributed by atoms with Crippen molar-refractivity contribution in [1.29, 1.82) is 0 Å². The summed E-state index contributed by atoms with van der Waals surface area (Å²) in [6, 6.07) is 7.27. The third kappa shape index (κ3) is 3.91. The van der Waals surface area contributed by atoms with Crippen molar-refractivity contribution in [3.63, 3.8) is 0 Å². The van der Waals surface area contributed by atoms with Gasteiger partial charge in [0.2, 0.25) is 0 Å². The number of piperazine rings is 1. The van der Waals surface area contributed by atoms with Gasteiger partial charge in [-0.05, 0) is 31.0 Å². The highest BCUT2D eigenvalue weighted by atomic mass is 35.5. The first-order chi connectivity index (χ1) is 13.4. The third-order valence-corrected chi connectivity index (χ3v) is 7.83. The Bertz CT molecular complexity index is 959. The Hall–Kier alpha value is -1.61. The molecule has 0 aliphatic carbocycles. The summed E-state index contributed by atoms with van der Waals surface area (Å²) in [7, 11) is -3.44. The molecule has 0 atom stereocenters. The van der Waals surface area contributed by atoms with Crippen molar-refractivity contribution < 1.29 is 13.2 Å². The van der Waals surface area contributed by atoms with Crippen molar-refractivity contribution in [2.75, 3.05) is 39.3 Å². The van der Waals surface area contributed by atoms with E-state index < -0.39 is 10.2 Å². The Balaban J connectivity index is 1.42. The van der Waals surface area contributed by atoms with Gasteiger partial charge in [0.1, 0.15) is 5.69 Å². The van der Waals surface area contributed by atoms with Crippen molar-refractivity contribution in [2.45, 2.75) is 25.7 Å². The van der Waals surface area contributed by atoms with Gasteiger partial charge in [-0.3, -0.25) is 4.79 Å². The molecular weight excluding hydrogens is 400 g/mol. The Labute approximate surface area is 170 Å². The standard InChI is InChI=1S/C19H25ClN4O3S/c20-16-6-5-15-13-18(21-17(15)14-16)19(25)22-9-11-24(12-10-22)28(26,27)23-7-3-1-2-4-8-23/h5-6,13-14,21H,1-4,7-12H2. The number of nitrogens with zero attached hydrogens (tertiary/aromatic N) is 3. The molecule has 0 bridgehead atoms. The molecule has 1 aromatic carbocycles. The maximum absolute atomic E-state index is 12.9. The van der Waals surface area contributed by atoms with Gasteiger partial charge < -0.3 is 9.88 Å². The first-order valence-corrected chi connectivity index (χ1v) is 11.6. The average Bonchev–Trinajstić information content (AvgIpc) is 2.91. The molecule has 2 aliphatic rings. The van der Waals surface area contributed by atoms with E-state index in [1.54, 1.807) is 21.3 Å². The van der Waals surface area contributed by atoms with Crippen LogP contribution in [0.15, 0.2) is 24.3 Å². The van der Waals surface area contributed by atoms with Crippen molar-refractivity contribution in [2.24, 2.45) is 0 Å². The molecule has 2 fully saturated rings. The fraction of sp³-hybridized carbons (Fsp3) is 0.526. The molecule has 3 heterocycles. The van der Waals surface area contributed by atoms with Gasteiger partial charge in [0.15, 0.2) is 0 Å². The monoisotopic (exact) mass is 424 g/mol. The molecule has 2 aromatic rings. The maximum Gasteiger partial charge on any atom is 0.282 e. The molecule has 0 saturated carbocycles. The largest absolute Gasteiger partial charge is 0.350 e. The van der Waals surface area contributed by atoms with Crippen molar-refractivity contribution >= 4 is 38.6 Å². The first-order valence-electron chi connectivity index (χ1n) is 9.78. The summed E-state index contributed by atoms with van der Waals surface area (Å²) in [4.78, 5) is 17.7. The van der Waals surface area contributed by atoms with Crippen LogP contribution in [0.4, 0.5) is 0 Å². The Morgan fingerprint density at radius 1 is 0.893 bits per heavy atom. The number of hydrogen-bond donors (Lipinski definition) is 1. The topological polar surface area (TPSA) is 76.7 Å². The van der Waals surface area contributed by atoms with Crippen LogP contribution in [-0.4, -0.2) is 72.1 Å². The van der Waals surface area contributed by atoms with E-state index in [0.29, 0.717) is 50.0 Å². The van der Waals surface area contributed by atoms with Crippen molar-refractivity contribution in [3.05, 3.63) is 35.0 Å². The van der Waals surface area contributed by atoms with Crippen LogP contribution in [0.2, 0.25) is 5.02 Å². The van der Waals surface area contributed by atoms with Crippen LogP contribution < -0.4 is 0 Å². The van der Waals surface area contributed by atoms with Gasteiger partial charge in [-0.1, -0.05) is 30.5 Å². The Kier molecular flexibility index (Phi) is 5.64. The zero-order valence-electron chi connectivity index (χ0n) is 15.7. The van der Waals surface area contributed by atoms with E-state index in [0.717, 1.165) is 36.6 Å². The summed E-state index contributed by atoms with van der Waals surface area (Å²) in [5, 5.41) is 1.54. The Morgan fingerprint density at radius 3 is 2.21 bits per heavy atom. The van der Waals surface area contributed by atoms with E-state index in [9.17, 15) is 13.2 Å². The number of benzene rings is 1. The van der Waals surface area contributed by atoms with E-state index in [4.69, 9.17) is 11.6 Å². The fourth-order valence-corrected chi connectivity index (χ4v) is 5.79. The molecule has 28 heavy (non-hydrogen) atoms. The molecule has 7 nitrogen and oxygen atoms in total. The summed E-state index contributed by atoms with van der Waals surface area (Å²) in [6.07, 6.45) is 4.01. The van der Waals surface area contributed by atoms with Crippen LogP contribution in [0.5, 0.6) is 0 Å². The minimum atomic E-state index is -3.44. The van der Waals surface area contributed by atoms with Gasteiger partial charge in [0.25, 0.3) is 16.1 Å². The lowest BCUT2D eigenvalue weighted by molar-refractivity contribution is 0.0689. The lowest BCUT2D eigenvalue weighted by Gasteiger charge is -2.36. The average molecular weight is 425 g/mol. The molecule has 1 N–H and O–H groups in total. The van der Waals surface area contributed by atoms with Crippen LogP contribution in [-0.2, 0) is 10.2 Å². The summed E-state index contributed by atoms with van der Waals surface area (Å²) in [5.41, 5.74) is 1.32. The van der Waals surface area contributed by atoms with Gasteiger partial charge in [-0.25, -0.2) is 0 Å². The van der Waals surface area contributed by atoms with E-state index in [1.165, 1.54) is 4.31 Å². The third-order valence-electron chi connectivity index (χ3n) is 5.56. The Morgan fingerprint density at radius 2 is 1.54 bits per heavy atom. The highest BCUT2D eigenvalue weighted by molar-refractivity contribution is 7.86. The van der Waals surface area contributed by atoms with Crippen LogP contribution in [0.3, 0.4) is 0 Å². The molecule has 0 spiro atoms. The van der Waals surface area contributed by atoms with Gasteiger partial charge >= 0.3 is 0 Å². The summed E-state index contributed by atoms with van der Waals surface area (Å²) in [5.74, 6) is -0.112. The fourth-order valence-electron chi connectivity index (χ4n) is 3.94. The summed E-state index contributed by atoms with van der Waals surface area (Å²) < 4.78 is 29.0. The maximum atomic E-state index is 12.9. The normalized spacial score (nSPS) is 20.4. The molecule has 1 aromatic heterocycles. The van der Waals surface area contributed by atoms with Gasteiger partial charge in [-0.2, -0.15) is 17.0 Å². The quantitative estimate of drug-likeness (QED) is 0.822. The number of fused-ring (bicyclic) bond motifs is 1. The lowest BCUT2D eigenvalue weighted by Crippen LogP contribution is -2.54. The predicted octanol–water partition coefficient (Wildman–Crippen LogP) is 2.70. The molecule has 0 radical (unpaired) electrons. The number of halogens is 1. The van der Waals surface area contributed by atoms with E-state index in [-0.39, 0.29) is 5.91 Å². The first kappa shape index (κ1) is 19.7. The minimum Gasteiger partial charge on any atom is -0.350 e. The number of aromatic amines is 1. The number of aromatic nitrogens is 1. The number of H-pyrrole nitrogens is 1. The zero-order valence-corrected chi connectivity index (χ0v) is 17.3. The van der Waals surface area contributed by atoms with Crippen LogP contribution in [0.25, 0.3) is 10.9 Å². The molecule has 0 unspecified atom stereocenters. The SMILES string of the molecule is O=C(c1cc2ccc(Cl)cc2[nH]1)N1CCN(S(=O)(=O)N2CCCCCC2)CC1. The second kappa shape index (κ2) is 8.02. The minimum absolute atomic E-state index is 0.112. The van der Waals surface area contributed by atoms with Gasteiger partial charge in [0, 0.05) is 55.2 Å². The van der Waals surface area contributed by atoms with Gasteiger partial charge in [0.05, 0.1) is 0 Å². The highest BCUT2D eigenvalue weighted by Crippen LogP contribution is 2.22. The number of hydrogen-bond acceptors (Lipinski definition) is 3. The zero-order chi connectivity index (χ0) is 19.7. The molecular formula is C19H25ClN4O3S. The summed E-state index contributed by atoms with van der Waals surface area (Å²) >= 11 is 6.01. The number of carbonyl (C=O) groups is 1. The number of rotatable bonds is 3. The molecule has 152 valence electrons. The van der Waals surface area contributed by atoms with Gasteiger partial charge in [-0.15, -0.1) is 0 Å². The van der Waals surface area contributed by atoms with E-state index >= 15 is 0 Å². The van der Waals surface area contributed by atoms with Crippen LogP contribution in [0, 0.1) is 0 Å². The molecule has 9 heteroatoms. The van der Waals surface area contributed by atoms with Crippen molar-refractivity contribution in [1.82, 2.24) is 18.5 Å². The second-order valence-corrected chi connectivity index (χ2v) is 9.79. The predicted molar refractivity (Wildman–Crippen MR) is 110 cm³/mol. The highest BCUT2D eigenvalue weighted by Gasteiger charge is 2.34. The van der Waals surface area contributed by atoms with E-state index in [1.807, 2.05) is 12.1 Å². The van der Waals surface area contributed by atoms with E-state index in [2.05, 4.69) is 4.98 Å². The molecule has 2 aliphatic heterocycles. The lowest BCUT2D eigenvalue weighted by atomic mass is 10.2. The van der Waals surface area contributed by atoms with Crippen molar-refractivity contribution in [3.8, 4) is 0 Å². The molecule has 2 saturated heterocycles. The summed E-state index contributed by atoms with van der Waals surface area (Å²) in [6.45, 7) is 2.63. The smallest absolute Gasteiger partial charge is 0.282 e. The number of nitrogens with one attached hydrogen (secondary N) is 1.